The van der Waals surface area contributed by atoms with E-state index in [1.165, 1.54) is 12.1 Å². The number of halogens is 1. The van der Waals surface area contributed by atoms with Crippen molar-refractivity contribution in [2.45, 2.75) is 32.7 Å². The van der Waals surface area contributed by atoms with E-state index < -0.39 is 0 Å². The summed E-state index contributed by atoms with van der Waals surface area (Å²) >= 11 is 0. The highest BCUT2D eigenvalue weighted by molar-refractivity contribution is 5.82. The lowest BCUT2D eigenvalue weighted by Gasteiger charge is -2.35. The van der Waals surface area contributed by atoms with Gasteiger partial charge in [0.15, 0.2) is 11.5 Å². The fraction of sp³-hybridized carbons (Fsp3) is 0.440. The van der Waals surface area contributed by atoms with Crippen molar-refractivity contribution in [3.63, 3.8) is 0 Å². The zero-order valence-electron chi connectivity index (χ0n) is 18.4. The fourth-order valence-corrected chi connectivity index (χ4v) is 4.36. The Bertz CT molecular complexity index is 963. The maximum absolute atomic E-state index is 13.3. The number of amides is 2. The van der Waals surface area contributed by atoms with E-state index in [-0.39, 0.29) is 30.0 Å². The molecule has 2 aliphatic heterocycles. The Morgan fingerprint density at radius 3 is 2.69 bits per heavy atom. The van der Waals surface area contributed by atoms with Crippen LogP contribution in [0.5, 0.6) is 11.5 Å². The van der Waals surface area contributed by atoms with Crippen molar-refractivity contribution in [2.75, 3.05) is 32.8 Å². The number of fused-ring (bicyclic) bond motifs is 1. The third kappa shape index (κ3) is 5.03. The summed E-state index contributed by atoms with van der Waals surface area (Å²) in [5.74, 6) is 0.914. The Morgan fingerprint density at radius 1 is 1.12 bits per heavy atom. The number of nitrogens with zero attached hydrogens (tertiary/aromatic N) is 2. The van der Waals surface area contributed by atoms with Crippen LogP contribution < -0.4 is 9.47 Å². The first-order valence-electron chi connectivity index (χ1n) is 11.2. The third-order valence-electron chi connectivity index (χ3n) is 6.09. The number of ether oxygens (including phenoxy) is 2. The maximum atomic E-state index is 13.3. The summed E-state index contributed by atoms with van der Waals surface area (Å²) in [5.41, 5.74) is 1.70. The summed E-state index contributed by atoms with van der Waals surface area (Å²) < 4.78 is 24.6. The number of carbonyl (C=O) groups is 2. The van der Waals surface area contributed by atoms with Crippen LogP contribution in [-0.4, -0.2) is 54.5 Å². The van der Waals surface area contributed by atoms with Gasteiger partial charge in [-0.3, -0.25) is 9.59 Å². The number of piperidine rings is 1. The van der Waals surface area contributed by atoms with Crippen molar-refractivity contribution in [1.82, 2.24) is 9.80 Å². The normalized spacial score (nSPS) is 17.7. The van der Waals surface area contributed by atoms with Crippen LogP contribution in [-0.2, 0) is 22.6 Å². The molecule has 0 aliphatic carbocycles. The molecule has 4 rings (SSSR count). The Morgan fingerprint density at radius 2 is 1.91 bits per heavy atom. The quantitative estimate of drug-likeness (QED) is 0.691. The first kappa shape index (κ1) is 22.1. The second-order valence-corrected chi connectivity index (χ2v) is 8.28. The molecule has 1 fully saturated rings. The van der Waals surface area contributed by atoms with Crippen molar-refractivity contribution in [2.24, 2.45) is 5.92 Å². The molecular formula is C25H29FN2O4. The van der Waals surface area contributed by atoms with Crippen molar-refractivity contribution >= 4 is 11.8 Å². The summed E-state index contributed by atoms with van der Waals surface area (Å²) in [6.07, 6.45) is 1.77. The van der Waals surface area contributed by atoms with E-state index in [4.69, 9.17) is 9.47 Å². The zero-order chi connectivity index (χ0) is 22.5. The predicted molar refractivity (Wildman–Crippen MR) is 118 cm³/mol. The molecule has 2 amide bonds. The van der Waals surface area contributed by atoms with Crippen molar-refractivity contribution in [3.8, 4) is 11.5 Å². The van der Waals surface area contributed by atoms with E-state index in [1.807, 2.05) is 30.0 Å². The molecule has 0 spiro atoms. The summed E-state index contributed by atoms with van der Waals surface area (Å²) in [6, 6.07) is 11.7. The van der Waals surface area contributed by atoms with E-state index in [0.29, 0.717) is 50.9 Å². The predicted octanol–water partition coefficient (Wildman–Crippen LogP) is 3.43. The van der Waals surface area contributed by atoms with Crippen LogP contribution >= 0.6 is 0 Å². The Labute approximate surface area is 187 Å². The lowest BCUT2D eigenvalue weighted by Crippen LogP contribution is -2.47. The van der Waals surface area contributed by atoms with Gasteiger partial charge in [-0.25, -0.2) is 4.39 Å². The average Bonchev–Trinajstić information content (AvgIpc) is 2.83. The highest BCUT2D eigenvalue weighted by atomic mass is 19.1. The van der Waals surface area contributed by atoms with Gasteiger partial charge in [-0.15, -0.1) is 0 Å². The number of likely N-dealkylation sites (tertiary alicyclic amines) is 1. The number of rotatable bonds is 6. The average molecular weight is 441 g/mol. The molecule has 1 saturated heterocycles. The molecule has 0 aromatic heterocycles. The molecule has 7 heteroatoms. The van der Waals surface area contributed by atoms with Gasteiger partial charge < -0.3 is 19.3 Å². The molecule has 6 nitrogen and oxygen atoms in total. The van der Waals surface area contributed by atoms with Gasteiger partial charge in [0.25, 0.3) is 0 Å². The van der Waals surface area contributed by atoms with Gasteiger partial charge >= 0.3 is 0 Å². The highest BCUT2D eigenvalue weighted by Crippen LogP contribution is 2.34. The largest absolute Gasteiger partial charge is 0.486 e. The molecule has 2 aliphatic rings. The smallest absolute Gasteiger partial charge is 0.227 e. The van der Waals surface area contributed by atoms with Crippen molar-refractivity contribution in [3.05, 3.63) is 59.4 Å². The second-order valence-electron chi connectivity index (χ2n) is 8.28. The summed E-state index contributed by atoms with van der Waals surface area (Å²) in [5, 5.41) is 0. The van der Waals surface area contributed by atoms with Crippen LogP contribution in [0.25, 0.3) is 0 Å². The van der Waals surface area contributed by atoms with E-state index >= 15 is 0 Å². The van der Waals surface area contributed by atoms with Gasteiger partial charge in [0.1, 0.15) is 19.0 Å². The number of carbonyl (C=O) groups excluding carboxylic acids is 2. The Balaban J connectivity index is 1.40. The second kappa shape index (κ2) is 10.0. The molecule has 2 aromatic carbocycles. The molecule has 32 heavy (non-hydrogen) atoms. The minimum atomic E-state index is -0.318. The van der Waals surface area contributed by atoms with Crippen molar-refractivity contribution in [1.29, 1.82) is 0 Å². The minimum Gasteiger partial charge on any atom is -0.486 e. The summed E-state index contributed by atoms with van der Waals surface area (Å²) in [4.78, 5) is 29.7. The molecule has 170 valence electrons. The number of hydrogen-bond donors (Lipinski definition) is 0. The molecule has 1 unspecified atom stereocenters. The van der Waals surface area contributed by atoms with Crippen LogP contribution in [0.4, 0.5) is 4.39 Å². The van der Waals surface area contributed by atoms with Crippen LogP contribution in [0.1, 0.15) is 30.9 Å². The monoisotopic (exact) mass is 440 g/mol. The number of benzene rings is 2. The Kier molecular flexibility index (Phi) is 6.93. The zero-order valence-corrected chi connectivity index (χ0v) is 18.4. The summed E-state index contributed by atoms with van der Waals surface area (Å²) in [6.45, 7) is 5.07. The SMILES string of the molecule is CCN(Cc1cccc2c1OCCO2)C(=O)C1CCCN(C(=O)Cc2ccc(F)cc2)C1. The number of hydrogen-bond acceptors (Lipinski definition) is 4. The maximum Gasteiger partial charge on any atom is 0.227 e. The fourth-order valence-electron chi connectivity index (χ4n) is 4.36. The first-order valence-corrected chi connectivity index (χ1v) is 11.2. The molecule has 2 heterocycles. The third-order valence-corrected chi connectivity index (χ3v) is 6.09. The van der Waals surface area contributed by atoms with Gasteiger partial charge in [-0.2, -0.15) is 0 Å². The van der Waals surface area contributed by atoms with E-state index in [9.17, 15) is 14.0 Å². The van der Waals surface area contributed by atoms with Gasteiger partial charge in [0, 0.05) is 31.7 Å². The van der Waals surface area contributed by atoms with Gasteiger partial charge in [-0.1, -0.05) is 24.3 Å². The van der Waals surface area contributed by atoms with E-state index in [0.717, 1.165) is 24.0 Å². The number of para-hydroxylation sites is 1. The topological polar surface area (TPSA) is 59.1 Å². The highest BCUT2D eigenvalue weighted by Gasteiger charge is 2.31. The molecule has 2 aromatic rings. The molecular weight excluding hydrogens is 411 g/mol. The lowest BCUT2D eigenvalue weighted by molar-refractivity contribution is -0.141. The molecule has 1 atom stereocenters. The van der Waals surface area contributed by atoms with Crippen LogP contribution in [0, 0.1) is 11.7 Å². The van der Waals surface area contributed by atoms with E-state index in [2.05, 4.69) is 0 Å². The molecule has 0 radical (unpaired) electrons. The van der Waals surface area contributed by atoms with Crippen LogP contribution in [0.3, 0.4) is 0 Å². The molecule has 0 saturated carbocycles. The van der Waals surface area contributed by atoms with Gasteiger partial charge in [0.2, 0.25) is 11.8 Å². The van der Waals surface area contributed by atoms with Gasteiger partial charge in [0.05, 0.1) is 12.3 Å². The van der Waals surface area contributed by atoms with Crippen LogP contribution in [0.2, 0.25) is 0 Å². The first-order chi connectivity index (χ1) is 15.5. The van der Waals surface area contributed by atoms with Crippen molar-refractivity contribution < 1.29 is 23.5 Å². The van der Waals surface area contributed by atoms with E-state index in [1.54, 1.807) is 17.0 Å². The molecule has 0 bridgehead atoms. The van der Waals surface area contributed by atoms with Crippen LogP contribution in [0.15, 0.2) is 42.5 Å². The Hall–Kier alpha value is -3.09. The summed E-state index contributed by atoms with van der Waals surface area (Å²) in [7, 11) is 0. The lowest BCUT2D eigenvalue weighted by atomic mass is 9.95. The minimum absolute atomic E-state index is 0.0279. The molecule has 0 N–H and O–H groups in total. The van der Waals surface area contributed by atoms with Gasteiger partial charge in [-0.05, 0) is 43.5 Å². The standard InChI is InChI=1S/C25H29FN2O4/c1-2-27(16-19-5-3-7-22-24(19)32-14-13-31-22)25(30)20-6-4-12-28(17-20)23(29)15-18-8-10-21(26)11-9-18/h3,5,7-11,20H,2,4,6,12-17H2,1H3.